The predicted molar refractivity (Wildman–Crippen MR) is 88.3 cm³/mol. The molecule has 1 fully saturated rings. The van der Waals surface area contributed by atoms with Crippen LogP contribution in [0.15, 0.2) is 29.6 Å². The molecule has 0 radical (unpaired) electrons. The van der Waals surface area contributed by atoms with Gasteiger partial charge in [-0.15, -0.1) is 11.3 Å². The number of carbonyl (C=O) groups excluding carboxylic acids is 1. The molecule has 5 nitrogen and oxygen atoms in total. The molecule has 6 heteroatoms. The number of aromatic nitrogens is 1. The molecule has 0 saturated carbocycles. The fraction of sp³-hybridized carbons (Fsp3) is 0.375. The largest absolute Gasteiger partial charge is 0.376 e. The van der Waals surface area contributed by atoms with Gasteiger partial charge in [0.25, 0.3) is 0 Å². The summed E-state index contributed by atoms with van der Waals surface area (Å²) in [6, 6.07) is 7.51. The van der Waals surface area contributed by atoms with E-state index >= 15 is 0 Å². The van der Waals surface area contributed by atoms with E-state index in [1.54, 1.807) is 11.3 Å². The molecule has 0 spiro atoms. The van der Waals surface area contributed by atoms with Crippen molar-refractivity contribution in [3.8, 4) is 10.6 Å². The lowest BCUT2D eigenvalue weighted by atomic mass is 10.2. The van der Waals surface area contributed by atoms with Crippen LogP contribution in [0.3, 0.4) is 0 Å². The van der Waals surface area contributed by atoms with Gasteiger partial charge in [-0.3, -0.25) is 0 Å². The van der Waals surface area contributed by atoms with Crippen molar-refractivity contribution in [3.05, 3.63) is 35.3 Å². The molecule has 1 aromatic carbocycles. The zero-order valence-corrected chi connectivity index (χ0v) is 13.3. The van der Waals surface area contributed by atoms with Gasteiger partial charge in [0.05, 0.1) is 6.10 Å². The van der Waals surface area contributed by atoms with Crippen LogP contribution in [-0.4, -0.2) is 30.3 Å². The Hall–Kier alpha value is -1.92. The maximum absolute atomic E-state index is 11.8. The van der Waals surface area contributed by atoms with E-state index in [4.69, 9.17) is 4.74 Å². The Kier molecular flexibility index (Phi) is 4.70. The van der Waals surface area contributed by atoms with Crippen LogP contribution in [0.5, 0.6) is 0 Å². The van der Waals surface area contributed by atoms with Gasteiger partial charge < -0.3 is 15.4 Å². The standard InChI is InChI=1S/C16H19N3O2S/c1-11-10-22-15(18-11)12-4-6-13(7-5-12)19-16(20)17-9-14-3-2-8-21-14/h4-7,10,14H,2-3,8-9H2,1H3,(H2,17,19,20). The van der Waals surface area contributed by atoms with E-state index in [0.29, 0.717) is 6.54 Å². The van der Waals surface area contributed by atoms with Crippen molar-refractivity contribution in [1.29, 1.82) is 0 Å². The molecule has 2 N–H and O–H groups in total. The van der Waals surface area contributed by atoms with Crippen LogP contribution in [-0.2, 0) is 4.74 Å². The number of rotatable bonds is 4. The Morgan fingerprint density at radius 1 is 1.41 bits per heavy atom. The van der Waals surface area contributed by atoms with Crippen molar-refractivity contribution in [2.75, 3.05) is 18.5 Å². The van der Waals surface area contributed by atoms with Gasteiger partial charge in [-0.1, -0.05) is 0 Å². The fourth-order valence-corrected chi connectivity index (χ4v) is 3.17. The molecule has 116 valence electrons. The number of hydrogen-bond donors (Lipinski definition) is 2. The summed E-state index contributed by atoms with van der Waals surface area (Å²) in [6.07, 6.45) is 2.25. The Labute approximate surface area is 133 Å². The van der Waals surface area contributed by atoms with Gasteiger partial charge in [-0.2, -0.15) is 0 Å². The molecule has 1 aromatic heterocycles. The monoisotopic (exact) mass is 317 g/mol. The van der Waals surface area contributed by atoms with Crippen molar-refractivity contribution >= 4 is 23.1 Å². The quantitative estimate of drug-likeness (QED) is 0.908. The Morgan fingerprint density at radius 3 is 2.86 bits per heavy atom. The van der Waals surface area contributed by atoms with E-state index < -0.39 is 0 Å². The SMILES string of the molecule is Cc1csc(-c2ccc(NC(=O)NCC3CCCO3)cc2)n1. The normalized spacial score (nSPS) is 17.4. The van der Waals surface area contributed by atoms with Crippen LogP contribution < -0.4 is 10.6 Å². The first-order chi connectivity index (χ1) is 10.7. The maximum Gasteiger partial charge on any atom is 0.319 e. The van der Waals surface area contributed by atoms with Gasteiger partial charge in [-0.25, -0.2) is 9.78 Å². The smallest absolute Gasteiger partial charge is 0.319 e. The minimum absolute atomic E-state index is 0.154. The molecule has 1 saturated heterocycles. The molecule has 0 bridgehead atoms. The first-order valence-corrected chi connectivity index (χ1v) is 8.28. The Morgan fingerprint density at radius 2 is 2.23 bits per heavy atom. The summed E-state index contributed by atoms with van der Waals surface area (Å²) in [5.74, 6) is 0. The molecule has 1 aliphatic heterocycles. The number of thiazole rings is 1. The van der Waals surface area contributed by atoms with Gasteiger partial charge in [-0.05, 0) is 44.0 Å². The van der Waals surface area contributed by atoms with Gasteiger partial charge >= 0.3 is 6.03 Å². The molecule has 2 amide bonds. The lowest BCUT2D eigenvalue weighted by Gasteiger charge is -2.11. The summed E-state index contributed by atoms with van der Waals surface area (Å²) in [7, 11) is 0. The number of benzene rings is 1. The van der Waals surface area contributed by atoms with E-state index in [1.807, 2.05) is 36.6 Å². The van der Waals surface area contributed by atoms with Gasteiger partial charge in [0.1, 0.15) is 5.01 Å². The Bertz CT molecular complexity index is 633. The number of nitrogens with one attached hydrogen (secondary N) is 2. The molecular formula is C16H19N3O2S. The summed E-state index contributed by atoms with van der Waals surface area (Å²) < 4.78 is 5.47. The van der Waals surface area contributed by atoms with Crippen LogP contribution >= 0.6 is 11.3 Å². The van der Waals surface area contributed by atoms with Crippen LogP contribution in [0.25, 0.3) is 10.6 Å². The number of amides is 2. The zero-order valence-electron chi connectivity index (χ0n) is 12.5. The van der Waals surface area contributed by atoms with Gasteiger partial charge in [0.2, 0.25) is 0 Å². The third-order valence-corrected chi connectivity index (χ3v) is 4.53. The van der Waals surface area contributed by atoms with E-state index in [2.05, 4.69) is 15.6 Å². The van der Waals surface area contributed by atoms with E-state index in [1.165, 1.54) is 0 Å². The van der Waals surface area contributed by atoms with Crippen molar-refractivity contribution < 1.29 is 9.53 Å². The number of aryl methyl sites for hydroxylation is 1. The number of carbonyl (C=O) groups is 1. The van der Waals surface area contributed by atoms with E-state index in [-0.39, 0.29) is 12.1 Å². The van der Waals surface area contributed by atoms with Crippen molar-refractivity contribution in [3.63, 3.8) is 0 Å². The third kappa shape index (κ3) is 3.84. The minimum atomic E-state index is -0.201. The van der Waals surface area contributed by atoms with Gasteiger partial charge in [0.15, 0.2) is 0 Å². The molecular weight excluding hydrogens is 298 g/mol. The average molecular weight is 317 g/mol. The predicted octanol–water partition coefficient (Wildman–Crippen LogP) is 3.42. The summed E-state index contributed by atoms with van der Waals surface area (Å²) in [5, 5.41) is 8.68. The highest BCUT2D eigenvalue weighted by Gasteiger charge is 2.16. The lowest BCUT2D eigenvalue weighted by Crippen LogP contribution is -2.34. The molecule has 1 unspecified atom stereocenters. The number of urea groups is 1. The highest BCUT2D eigenvalue weighted by Crippen LogP contribution is 2.24. The second-order valence-electron chi connectivity index (χ2n) is 5.34. The lowest BCUT2D eigenvalue weighted by molar-refractivity contribution is 0.112. The summed E-state index contributed by atoms with van der Waals surface area (Å²) in [4.78, 5) is 16.3. The van der Waals surface area contributed by atoms with Crippen molar-refractivity contribution in [1.82, 2.24) is 10.3 Å². The van der Waals surface area contributed by atoms with Crippen LogP contribution in [0.2, 0.25) is 0 Å². The fourth-order valence-electron chi connectivity index (χ4n) is 2.37. The average Bonchev–Trinajstić information content (AvgIpc) is 3.17. The molecule has 1 aliphatic rings. The molecule has 3 rings (SSSR count). The van der Waals surface area contributed by atoms with Crippen molar-refractivity contribution in [2.45, 2.75) is 25.9 Å². The molecule has 2 heterocycles. The first kappa shape index (κ1) is 15.0. The topological polar surface area (TPSA) is 63.2 Å². The number of anilines is 1. The van der Waals surface area contributed by atoms with Crippen LogP contribution in [0, 0.1) is 6.92 Å². The second kappa shape index (κ2) is 6.89. The third-order valence-electron chi connectivity index (χ3n) is 3.52. The molecule has 1 atom stereocenters. The zero-order chi connectivity index (χ0) is 15.4. The minimum Gasteiger partial charge on any atom is -0.376 e. The Balaban J connectivity index is 1.53. The summed E-state index contributed by atoms with van der Waals surface area (Å²) in [6.45, 7) is 3.34. The van der Waals surface area contributed by atoms with Gasteiger partial charge in [0, 0.05) is 35.5 Å². The molecule has 2 aromatic rings. The number of nitrogens with zero attached hydrogens (tertiary/aromatic N) is 1. The highest BCUT2D eigenvalue weighted by molar-refractivity contribution is 7.13. The summed E-state index contributed by atoms with van der Waals surface area (Å²) >= 11 is 1.62. The maximum atomic E-state index is 11.8. The number of ether oxygens (including phenoxy) is 1. The van der Waals surface area contributed by atoms with Crippen LogP contribution in [0.4, 0.5) is 10.5 Å². The van der Waals surface area contributed by atoms with E-state index in [9.17, 15) is 4.79 Å². The second-order valence-corrected chi connectivity index (χ2v) is 6.20. The van der Waals surface area contributed by atoms with E-state index in [0.717, 1.165) is 41.4 Å². The van der Waals surface area contributed by atoms with Crippen LogP contribution in [0.1, 0.15) is 18.5 Å². The molecule has 22 heavy (non-hydrogen) atoms. The first-order valence-electron chi connectivity index (χ1n) is 7.40. The summed E-state index contributed by atoms with van der Waals surface area (Å²) in [5.41, 5.74) is 2.85. The number of hydrogen-bond acceptors (Lipinski definition) is 4. The van der Waals surface area contributed by atoms with Crippen molar-refractivity contribution in [2.24, 2.45) is 0 Å². The highest BCUT2D eigenvalue weighted by atomic mass is 32.1. The molecule has 0 aliphatic carbocycles.